The Morgan fingerprint density at radius 2 is 2.00 bits per heavy atom. The van der Waals surface area contributed by atoms with E-state index in [0.29, 0.717) is 0 Å². The van der Waals surface area contributed by atoms with Crippen molar-refractivity contribution in [1.29, 1.82) is 0 Å². The summed E-state index contributed by atoms with van der Waals surface area (Å²) >= 11 is 5.89. The standard InChI is InChI=1S/C15H20ClNO5S/c1-4-5-10(2)17-14(18)9-22-15(19)12-8-11(23(3,20)21)6-7-13(12)16/h6-8,10H,4-5,9H2,1-3H3,(H,17,18). The van der Waals surface area contributed by atoms with Crippen molar-refractivity contribution in [1.82, 2.24) is 5.32 Å². The second-order valence-corrected chi connectivity index (χ2v) is 7.67. The van der Waals surface area contributed by atoms with Crippen LogP contribution in [0.2, 0.25) is 5.02 Å². The molecule has 0 saturated carbocycles. The molecule has 128 valence electrons. The molecular weight excluding hydrogens is 342 g/mol. The number of benzene rings is 1. The zero-order valence-corrected chi connectivity index (χ0v) is 14.8. The molecule has 1 atom stereocenters. The summed E-state index contributed by atoms with van der Waals surface area (Å²) in [4.78, 5) is 23.6. The Bertz CT molecular complexity index is 687. The van der Waals surface area contributed by atoms with Gasteiger partial charge in [-0.1, -0.05) is 24.9 Å². The average Bonchev–Trinajstić information content (AvgIpc) is 2.44. The number of hydrogen-bond donors (Lipinski definition) is 1. The van der Waals surface area contributed by atoms with E-state index in [4.69, 9.17) is 16.3 Å². The molecule has 0 heterocycles. The number of rotatable bonds is 7. The number of hydrogen-bond acceptors (Lipinski definition) is 5. The summed E-state index contributed by atoms with van der Waals surface area (Å²) in [5.74, 6) is -1.27. The fourth-order valence-corrected chi connectivity index (χ4v) is 2.76. The summed E-state index contributed by atoms with van der Waals surface area (Å²) in [5.41, 5.74) is -0.0935. The molecule has 0 aliphatic heterocycles. The van der Waals surface area contributed by atoms with Gasteiger partial charge < -0.3 is 10.1 Å². The Labute approximate surface area is 141 Å². The number of esters is 1. The second kappa shape index (κ2) is 8.31. The van der Waals surface area contributed by atoms with Gasteiger partial charge in [0, 0.05) is 12.3 Å². The van der Waals surface area contributed by atoms with Crippen LogP contribution in [0.3, 0.4) is 0 Å². The first kappa shape index (κ1) is 19.4. The first-order valence-electron chi connectivity index (χ1n) is 7.11. The Morgan fingerprint density at radius 3 is 2.57 bits per heavy atom. The monoisotopic (exact) mass is 361 g/mol. The highest BCUT2D eigenvalue weighted by atomic mass is 35.5. The van der Waals surface area contributed by atoms with Crippen LogP contribution < -0.4 is 5.32 Å². The van der Waals surface area contributed by atoms with Gasteiger partial charge in [-0.05, 0) is 31.5 Å². The summed E-state index contributed by atoms with van der Waals surface area (Å²) in [7, 11) is -3.47. The molecule has 1 unspecified atom stereocenters. The quantitative estimate of drug-likeness (QED) is 0.752. The molecule has 8 heteroatoms. The molecule has 1 N–H and O–H groups in total. The highest BCUT2D eigenvalue weighted by molar-refractivity contribution is 7.90. The number of ether oxygens (including phenoxy) is 1. The lowest BCUT2D eigenvalue weighted by atomic mass is 10.2. The van der Waals surface area contributed by atoms with Crippen molar-refractivity contribution in [3.8, 4) is 0 Å². The van der Waals surface area contributed by atoms with Gasteiger partial charge in [0.15, 0.2) is 16.4 Å². The molecule has 1 aromatic rings. The fraction of sp³-hybridized carbons (Fsp3) is 0.467. The van der Waals surface area contributed by atoms with Crippen molar-refractivity contribution in [2.24, 2.45) is 0 Å². The number of nitrogens with one attached hydrogen (secondary N) is 1. The average molecular weight is 362 g/mol. The molecule has 1 aromatic carbocycles. The van der Waals surface area contributed by atoms with Crippen LogP contribution in [0.4, 0.5) is 0 Å². The summed E-state index contributed by atoms with van der Waals surface area (Å²) in [6.07, 6.45) is 2.77. The van der Waals surface area contributed by atoms with Gasteiger partial charge in [-0.3, -0.25) is 4.79 Å². The van der Waals surface area contributed by atoms with E-state index >= 15 is 0 Å². The predicted octanol–water partition coefficient (Wildman–Crippen LogP) is 2.21. The van der Waals surface area contributed by atoms with Gasteiger partial charge >= 0.3 is 5.97 Å². The van der Waals surface area contributed by atoms with Crippen molar-refractivity contribution in [2.75, 3.05) is 12.9 Å². The lowest BCUT2D eigenvalue weighted by molar-refractivity contribution is -0.124. The van der Waals surface area contributed by atoms with E-state index in [-0.39, 0.29) is 21.5 Å². The third kappa shape index (κ3) is 6.19. The molecule has 0 spiro atoms. The molecule has 0 aromatic heterocycles. The van der Waals surface area contributed by atoms with E-state index in [1.165, 1.54) is 12.1 Å². The SMILES string of the molecule is CCCC(C)NC(=O)COC(=O)c1cc(S(C)(=O)=O)ccc1Cl. The number of carbonyl (C=O) groups is 2. The van der Waals surface area contributed by atoms with Crippen LogP contribution >= 0.6 is 11.6 Å². The van der Waals surface area contributed by atoms with Crippen LogP contribution in [0.5, 0.6) is 0 Å². The first-order valence-corrected chi connectivity index (χ1v) is 9.38. The summed E-state index contributed by atoms with van der Waals surface area (Å²) in [5, 5.41) is 2.75. The zero-order chi connectivity index (χ0) is 17.6. The normalized spacial score (nSPS) is 12.5. The maximum absolute atomic E-state index is 12.0. The molecule has 0 aliphatic rings. The maximum Gasteiger partial charge on any atom is 0.340 e. The van der Waals surface area contributed by atoms with Gasteiger partial charge in [0.05, 0.1) is 15.5 Å². The Balaban J connectivity index is 2.73. The van der Waals surface area contributed by atoms with Crippen LogP contribution in [0, 0.1) is 0 Å². The first-order chi connectivity index (χ1) is 10.6. The number of amides is 1. The van der Waals surface area contributed by atoms with Crippen molar-refractivity contribution in [2.45, 2.75) is 37.6 Å². The second-order valence-electron chi connectivity index (χ2n) is 5.25. The number of carbonyl (C=O) groups excluding carboxylic acids is 2. The molecule has 0 saturated heterocycles. The van der Waals surface area contributed by atoms with E-state index in [0.717, 1.165) is 25.2 Å². The van der Waals surface area contributed by atoms with E-state index in [1.54, 1.807) is 0 Å². The van der Waals surface area contributed by atoms with Crippen molar-refractivity contribution >= 4 is 33.3 Å². The molecule has 0 radical (unpaired) electrons. The minimum Gasteiger partial charge on any atom is -0.452 e. The van der Waals surface area contributed by atoms with Crippen LogP contribution in [0.1, 0.15) is 37.0 Å². The lowest BCUT2D eigenvalue weighted by Gasteiger charge is -2.13. The van der Waals surface area contributed by atoms with Gasteiger partial charge in [0.1, 0.15) is 0 Å². The van der Waals surface area contributed by atoms with E-state index < -0.39 is 28.3 Å². The predicted molar refractivity (Wildman–Crippen MR) is 87.4 cm³/mol. The summed E-state index contributed by atoms with van der Waals surface area (Å²) in [6.45, 7) is 3.40. The minimum atomic E-state index is -3.47. The molecule has 23 heavy (non-hydrogen) atoms. The molecule has 1 rings (SSSR count). The van der Waals surface area contributed by atoms with E-state index in [9.17, 15) is 18.0 Å². The topological polar surface area (TPSA) is 89.5 Å². The molecular formula is C15H20ClNO5S. The molecule has 6 nitrogen and oxygen atoms in total. The number of halogens is 1. The van der Waals surface area contributed by atoms with Crippen LogP contribution in [0.15, 0.2) is 23.1 Å². The third-order valence-corrected chi connectivity index (χ3v) is 4.49. The third-order valence-electron chi connectivity index (χ3n) is 3.05. The van der Waals surface area contributed by atoms with E-state index in [1.807, 2.05) is 13.8 Å². The molecule has 1 amide bonds. The van der Waals surface area contributed by atoms with Gasteiger partial charge in [0.2, 0.25) is 0 Å². The van der Waals surface area contributed by atoms with Crippen molar-refractivity contribution in [3.05, 3.63) is 28.8 Å². The Hall–Kier alpha value is -1.60. The van der Waals surface area contributed by atoms with Gasteiger partial charge in [-0.2, -0.15) is 0 Å². The smallest absolute Gasteiger partial charge is 0.340 e. The van der Waals surface area contributed by atoms with E-state index in [2.05, 4.69) is 5.32 Å². The molecule has 0 bridgehead atoms. The summed E-state index contributed by atoms with van der Waals surface area (Å²) < 4.78 is 27.9. The summed E-state index contributed by atoms with van der Waals surface area (Å²) in [6, 6.07) is 3.73. The largest absolute Gasteiger partial charge is 0.452 e. The minimum absolute atomic E-state index is 0.0108. The van der Waals surface area contributed by atoms with Gasteiger partial charge in [-0.15, -0.1) is 0 Å². The Kier molecular flexibility index (Phi) is 7.02. The zero-order valence-electron chi connectivity index (χ0n) is 13.3. The molecule has 0 fully saturated rings. The maximum atomic E-state index is 12.0. The highest BCUT2D eigenvalue weighted by Gasteiger charge is 2.18. The fourth-order valence-electron chi connectivity index (χ4n) is 1.92. The number of sulfone groups is 1. The van der Waals surface area contributed by atoms with Crippen molar-refractivity contribution < 1.29 is 22.7 Å². The molecule has 0 aliphatic carbocycles. The van der Waals surface area contributed by atoms with Crippen LogP contribution in [0.25, 0.3) is 0 Å². The van der Waals surface area contributed by atoms with Crippen molar-refractivity contribution in [3.63, 3.8) is 0 Å². The van der Waals surface area contributed by atoms with Crippen LogP contribution in [-0.2, 0) is 19.4 Å². The lowest BCUT2D eigenvalue weighted by Crippen LogP contribution is -2.35. The van der Waals surface area contributed by atoms with Gasteiger partial charge in [-0.25, -0.2) is 13.2 Å². The van der Waals surface area contributed by atoms with Crippen LogP contribution in [-0.4, -0.2) is 39.2 Å². The Morgan fingerprint density at radius 1 is 1.35 bits per heavy atom. The highest BCUT2D eigenvalue weighted by Crippen LogP contribution is 2.21. The van der Waals surface area contributed by atoms with Gasteiger partial charge in [0.25, 0.3) is 5.91 Å².